The van der Waals surface area contributed by atoms with Crippen molar-refractivity contribution in [2.24, 2.45) is 0 Å². The molecule has 1 heterocycles. The Hall–Kier alpha value is -3.20. The Morgan fingerprint density at radius 1 is 1.17 bits per heavy atom. The summed E-state index contributed by atoms with van der Waals surface area (Å²) in [5, 5.41) is 14.5. The highest BCUT2D eigenvalue weighted by Crippen LogP contribution is 2.15. The van der Waals surface area contributed by atoms with Crippen LogP contribution in [0.1, 0.15) is 46.0 Å². The van der Waals surface area contributed by atoms with Crippen molar-refractivity contribution in [1.82, 2.24) is 10.3 Å². The standard InChI is InChI=1S/C18H18N4O2/c1-2-3-8-21-17(23)14-9-15(12-20-11-14)18(24)22-16-7-5-4-6-13(16)10-19/h4-7,9,11-12H,2-3,8H2,1H3,(H,21,23)(H,22,24). The van der Waals surface area contributed by atoms with Gasteiger partial charge in [-0.1, -0.05) is 25.5 Å². The van der Waals surface area contributed by atoms with Crippen LogP contribution in [0.2, 0.25) is 0 Å². The number of nitrogens with one attached hydrogen (secondary N) is 2. The van der Waals surface area contributed by atoms with Gasteiger partial charge in [-0.05, 0) is 24.6 Å². The van der Waals surface area contributed by atoms with Crippen LogP contribution in [0.15, 0.2) is 42.7 Å². The normalized spacial score (nSPS) is 9.83. The highest BCUT2D eigenvalue weighted by molar-refractivity contribution is 6.06. The first-order valence-corrected chi connectivity index (χ1v) is 7.69. The fraction of sp³-hybridized carbons (Fsp3) is 0.222. The third kappa shape index (κ3) is 4.40. The Balaban J connectivity index is 2.12. The van der Waals surface area contributed by atoms with Crippen molar-refractivity contribution in [3.63, 3.8) is 0 Å². The lowest BCUT2D eigenvalue weighted by Crippen LogP contribution is -2.25. The van der Waals surface area contributed by atoms with Crippen LogP contribution in [0.25, 0.3) is 0 Å². The van der Waals surface area contributed by atoms with Gasteiger partial charge in [0.2, 0.25) is 0 Å². The van der Waals surface area contributed by atoms with E-state index in [1.807, 2.05) is 13.0 Å². The number of hydrogen-bond acceptors (Lipinski definition) is 4. The predicted octanol–water partition coefficient (Wildman–Crippen LogP) is 2.74. The van der Waals surface area contributed by atoms with Crippen LogP contribution in [-0.2, 0) is 0 Å². The first kappa shape index (κ1) is 17.2. The number of carbonyl (C=O) groups is 2. The molecule has 0 aliphatic carbocycles. The number of nitriles is 1. The maximum Gasteiger partial charge on any atom is 0.257 e. The first-order chi connectivity index (χ1) is 11.7. The van der Waals surface area contributed by atoms with E-state index in [1.54, 1.807) is 24.3 Å². The number of rotatable bonds is 6. The Bertz CT molecular complexity index is 781. The molecule has 6 nitrogen and oxygen atoms in total. The van der Waals surface area contributed by atoms with Gasteiger partial charge >= 0.3 is 0 Å². The molecule has 2 aromatic rings. The number of unbranched alkanes of at least 4 members (excludes halogenated alkanes) is 1. The maximum atomic E-state index is 12.3. The van der Waals surface area contributed by atoms with Gasteiger partial charge in [-0.3, -0.25) is 14.6 Å². The Morgan fingerprint density at radius 3 is 2.58 bits per heavy atom. The number of anilines is 1. The van der Waals surface area contributed by atoms with Crippen molar-refractivity contribution >= 4 is 17.5 Å². The van der Waals surface area contributed by atoms with E-state index in [1.165, 1.54) is 18.5 Å². The SMILES string of the molecule is CCCCNC(=O)c1cncc(C(=O)Nc2ccccc2C#N)c1. The summed E-state index contributed by atoms with van der Waals surface area (Å²) >= 11 is 0. The van der Waals surface area contributed by atoms with Gasteiger partial charge in [0.05, 0.1) is 22.4 Å². The number of para-hydroxylation sites is 1. The highest BCUT2D eigenvalue weighted by Gasteiger charge is 2.12. The summed E-state index contributed by atoms with van der Waals surface area (Å²) in [7, 11) is 0. The third-order valence-corrected chi connectivity index (χ3v) is 3.37. The smallest absolute Gasteiger partial charge is 0.257 e. The predicted molar refractivity (Wildman–Crippen MR) is 90.6 cm³/mol. The van der Waals surface area contributed by atoms with E-state index in [2.05, 4.69) is 15.6 Å². The van der Waals surface area contributed by atoms with E-state index in [-0.39, 0.29) is 11.5 Å². The molecule has 24 heavy (non-hydrogen) atoms. The van der Waals surface area contributed by atoms with Crippen molar-refractivity contribution < 1.29 is 9.59 Å². The van der Waals surface area contributed by atoms with Gasteiger partial charge in [-0.15, -0.1) is 0 Å². The number of pyridine rings is 1. The molecule has 0 aliphatic heterocycles. The monoisotopic (exact) mass is 322 g/mol. The summed E-state index contributed by atoms with van der Waals surface area (Å²) in [6.07, 6.45) is 4.68. The molecule has 0 radical (unpaired) electrons. The Morgan fingerprint density at radius 2 is 1.88 bits per heavy atom. The van der Waals surface area contributed by atoms with Crippen LogP contribution in [-0.4, -0.2) is 23.3 Å². The number of amides is 2. The van der Waals surface area contributed by atoms with Crippen molar-refractivity contribution in [2.75, 3.05) is 11.9 Å². The van der Waals surface area contributed by atoms with Crippen LogP contribution in [0.5, 0.6) is 0 Å². The van der Waals surface area contributed by atoms with E-state index in [4.69, 9.17) is 5.26 Å². The minimum Gasteiger partial charge on any atom is -0.352 e. The summed E-state index contributed by atoms with van der Waals surface area (Å²) in [5.74, 6) is -0.684. The second-order valence-corrected chi connectivity index (χ2v) is 5.18. The molecular weight excluding hydrogens is 304 g/mol. The van der Waals surface area contributed by atoms with Crippen LogP contribution >= 0.6 is 0 Å². The second kappa shape index (κ2) is 8.44. The lowest BCUT2D eigenvalue weighted by molar-refractivity contribution is 0.0953. The van der Waals surface area contributed by atoms with E-state index in [9.17, 15) is 9.59 Å². The molecule has 2 rings (SSSR count). The van der Waals surface area contributed by atoms with Crippen LogP contribution in [0, 0.1) is 11.3 Å². The number of benzene rings is 1. The molecule has 0 fully saturated rings. The van der Waals surface area contributed by atoms with E-state index in [0.29, 0.717) is 23.4 Å². The van der Waals surface area contributed by atoms with Crippen LogP contribution in [0.4, 0.5) is 5.69 Å². The average molecular weight is 322 g/mol. The zero-order valence-corrected chi connectivity index (χ0v) is 13.4. The summed E-state index contributed by atoms with van der Waals surface area (Å²) < 4.78 is 0. The summed E-state index contributed by atoms with van der Waals surface area (Å²) in [4.78, 5) is 28.3. The van der Waals surface area contributed by atoms with E-state index >= 15 is 0 Å². The molecule has 2 amide bonds. The lowest BCUT2D eigenvalue weighted by Gasteiger charge is -2.08. The minimum absolute atomic E-state index is 0.255. The fourth-order valence-electron chi connectivity index (χ4n) is 2.05. The van der Waals surface area contributed by atoms with Gasteiger partial charge < -0.3 is 10.6 Å². The maximum absolute atomic E-state index is 12.3. The van der Waals surface area contributed by atoms with Gasteiger partial charge in [0.1, 0.15) is 6.07 Å². The molecule has 6 heteroatoms. The van der Waals surface area contributed by atoms with E-state index < -0.39 is 5.91 Å². The van der Waals surface area contributed by atoms with Gasteiger partial charge in [0.25, 0.3) is 11.8 Å². The van der Waals surface area contributed by atoms with Crippen molar-refractivity contribution in [1.29, 1.82) is 5.26 Å². The zero-order chi connectivity index (χ0) is 17.4. The summed E-state index contributed by atoms with van der Waals surface area (Å²) in [6.45, 7) is 2.62. The lowest BCUT2D eigenvalue weighted by atomic mass is 10.1. The quantitative estimate of drug-likeness (QED) is 0.799. The minimum atomic E-state index is -0.423. The van der Waals surface area contributed by atoms with Crippen LogP contribution in [0.3, 0.4) is 0 Å². The summed E-state index contributed by atoms with van der Waals surface area (Å²) in [6, 6.07) is 10.2. The molecule has 2 N–H and O–H groups in total. The zero-order valence-electron chi connectivity index (χ0n) is 13.4. The molecule has 0 bridgehead atoms. The number of aromatic nitrogens is 1. The largest absolute Gasteiger partial charge is 0.352 e. The molecule has 0 unspecified atom stereocenters. The molecule has 122 valence electrons. The fourth-order valence-corrected chi connectivity index (χ4v) is 2.05. The summed E-state index contributed by atoms with van der Waals surface area (Å²) in [5.41, 5.74) is 1.37. The van der Waals surface area contributed by atoms with Gasteiger partial charge in [-0.2, -0.15) is 5.26 Å². The Kier molecular flexibility index (Phi) is 6.03. The molecule has 0 aliphatic rings. The van der Waals surface area contributed by atoms with Crippen molar-refractivity contribution in [2.45, 2.75) is 19.8 Å². The van der Waals surface area contributed by atoms with Crippen molar-refractivity contribution in [3.8, 4) is 6.07 Å². The average Bonchev–Trinajstić information content (AvgIpc) is 2.62. The molecule has 0 spiro atoms. The van der Waals surface area contributed by atoms with Crippen LogP contribution < -0.4 is 10.6 Å². The van der Waals surface area contributed by atoms with Gasteiger partial charge in [0, 0.05) is 18.9 Å². The van der Waals surface area contributed by atoms with Crippen molar-refractivity contribution in [3.05, 3.63) is 59.4 Å². The van der Waals surface area contributed by atoms with Gasteiger partial charge in [-0.25, -0.2) is 0 Å². The number of nitrogens with zero attached hydrogens (tertiary/aromatic N) is 2. The topological polar surface area (TPSA) is 94.9 Å². The Labute approximate surface area is 140 Å². The number of hydrogen-bond donors (Lipinski definition) is 2. The van der Waals surface area contributed by atoms with Gasteiger partial charge in [0.15, 0.2) is 0 Å². The first-order valence-electron chi connectivity index (χ1n) is 7.69. The highest BCUT2D eigenvalue weighted by atomic mass is 16.2. The second-order valence-electron chi connectivity index (χ2n) is 5.18. The molecular formula is C18H18N4O2. The number of carbonyl (C=O) groups excluding carboxylic acids is 2. The third-order valence-electron chi connectivity index (χ3n) is 3.37. The molecule has 1 aromatic carbocycles. The molecule has 0 saturated carbocycles. The molecule has 0 saturated heterocycles. The molecule has 1 aromatic heterocycles. The van der Waals surface area contributed by atoms with E-state index in [0.717, 1.165) is 12.8 Å². The molecule has 0 atom stereocenters.